The summed E-state index contributed by atoms with van der Waals surface area (Å²) in [6, 6.07) is 14.3. The van der Waals surface area contributed by atoms with E-state index in [0.29, 0.717) is 47.3 Å². The van der Waals surface area contributed by atoms with Gasteiger partial charge in [0.05, 0.1) is 51.1 Å². The second kappa shape index (κ2) is 10.8. The largest absolute Gasteiger partial charge is 0.493 e. The average Bonchev–Trinajstić information content (AvgIpc) is 3.49. The number of hydrogen-bond donors (Lipinski definition) is 1. The standard InChI is InChI=1S/C26H27N5O5/c1-5-36-26(33)21-15-28-31(17(21)2)20-11-9-18(10-12-20)25(32)29-23-13-14-27-30(23)16-19-7-6-8-22(34-3)24(19)35-4/h6-15H,5,16H2,1-4H3,(H,29,32). The Bertz CT molecular complexity index is 1370. The van der Waals surface area contributed by atoms with Crippen LogP contribution in [0.15, 0.2) is 60.9 Å². The molecule has 0 aliphatic heterocycles. The molecule has 0 aliphatic rings. The van der Waals surface area contributed by atoms with Crippen LogP contribution >= 0.6 is 0 Å². The number of esters is 1. The highest BCUT2D eigenvalue weighted by atomic mass is 16.5. The Morgan fingerprint density at radius 1 is 1.00 bits per heavy atom. The molecule has 1 amide bonds. The minimum atomic E-state index is -0.416. The molecule has 10 nitrogen and oxygen atoms in total. The number of hydrogen-bond acceptors (Lipinski definition) is 7. The van der Waals surface area contributed by atoms with E-state index in [1.807, 2.05) is 18.2 Å². The molecule has 36 heavy (non-hydrogen) atoms. The van der Waals surface area contributed by atoms with Crippen molar-refractivity contribution in [1.29, 1.82) is 0 Å². The van der Waals surface area contributed by atoms with Crippen molar-refractivity contribution >= 4 is 17.7 Å². The number of amides is 1. The van der Waals surface area contributed by atoms with Gasteiger partial charge in [0.1, 0.15) is 11.4 Å². The summed E-state index contributed by atoms with van der Waals surface area (Å²) in [5.74, 6) is 1.07. The first kappa shape index (κ1) is 24.5. The van der Waals surface area contributed by atoms with Crippen LogP contribution in [0.5, 0.6) is 11.5 Å². The Balaban J connectivity index is 1.49. The molecular weight excluding hydrogens is 462 g/mol. The summed E-state index contributed by atoms with van der Waals surface area (Å²) in [4.78, 5) is 25.0. The Hall–Kier alpha value is -4.60. The molecule has 0 spiro atoms. The number of para-hydroxylation sites is 1. The summed E-state index contributed by atoms with van der Waals surface area (Å²) in [7, 11) is 3.17. The number of aromatic nitrogens is 4. The van der Waals surface area contributed by atoms with E-state index in [9.17, 15) is 9.59 Å². The summed E-state index contributed by atoms with van der Waals surface area (Å²) >= 11 is 0. The second-order valence-electron chi connectivity index (χ2n) is 7.80. The monoisotopic (exact) mass is 489 g/mol. The zero-order chi connectivity index (χ0) is 25.7. The molecule has 2 heterocycles. The number of anilines is 1. The third-order valence-corrected chi connectivity index (χ3v) is 5.64. The summed E-state index contributed by atoms with van der Waals surface area (Å²) in [5.41, 5.74) is 3.09. The van der Waals surface area contributed by atoms with Crippen LogP contribution in [-0.2, 0) is 11.3 Å². The van der Waals surface area contributed by atoms with Gasteiger partial charge in [0.15, 0.2) is 11.5 Å². The molecule has 186 valence electrons. The molecule has 0 atom stereocenters. The average molecular weight is 490 g/mol. The highest BCUT2D eigenvalue weighted by Crippen LogP contribution is 2.31. The van der Waals surface area contributed by atoms with Crippen LogP contribution in [-0.4, -0.2) is 52.3 Å². The van der Waals surface area contributed by atoms with E-state index >= 15 is 0 Å². The predicted octanol–water partition coefficient (Wildman–Crippen LogP) is 3.87. The van der Waals surface area contributed by atoms with E-state index in [4.69, 9.17) is 14.2 Å². The predicted molar refractivity (Wildman–Crippen MR) is 133 cm³/mol. The molecule has 0 unspecified atom stereocenters. The fourth-order valence-corrected chi connectivity index (χ4v) is 3.83. The van der Waals surface area contributed by atoms with Gasteiger partial charge in [-0.2, -0.15) is 10.2 Å². The molecule has 0 radical (unpaired) electrons. The molecule has 4 rings (SSSR count). The highest BCUT2D eigenvalue weighted by molar-refractivity contribution is 6.03. The maximum Gasteiger partial charge on any atom is 0.341 e. The minimum absolute atomic E-state index is 0.287. The summed E-state index contributed by atoms with van der Waals surface area (Å²) < 4.78 is 19.2. The normalized spacial score (nSPS) is 10.7. The number of nitrogens with zero attached hydrogens (tertiary/aromatic N) is 4. The van der Waals surface area contributed by atoms with Crippen LogP contribution in [0.2, 0.25) is 0 Å². The van der Waals surface area contributed by atoms with Crippen LogP contribution < -0.4 is 14.8 Å². The topological polar surface area (TPSA) is 110 Å². The lowest BCUT2D eigenvalue weighted by atomic mass is 10.2. The number of methoxy groups -OCH3 is 2. The number of ether oxygens (including phenoxy) is 3. The molecule has 0 bridgehead atoms. The number of benzene rings is 2. The highest BCUT2D eigenvalue weighted by Gasteiger charge is 2.17. The molecule has 1 N–H and O–H groups in total. The lowest BCUT2D eigenvalue weighted by Gasteiger charge is -2.14. The Morgan fingerprint density at radius 3 is 2.47 bits per heavy atom. The first-order valence-electron chi connectivity index (χ1n) is 11.3. The third-order valence-electron chi connectivity index (χ3n) is 5.64. The molecule has 0 saturated carbocycles. The van der Waals surface area contributed by atoms with Gasteiger partial charge < -0.3 is 19.5 Å². The van der Waals surface area contributed by atoms with Gasteiger partial charge in [0, 0.05) is 17.2 Å². The van der Waals surface area contributed by atoms with Crippen molar-refractivity contribution in [1.82, 2.24) is 19.6 Å². The molecule has 0 saturated heterocycles. The van der Waals surface area contributed by atoms with Gasteiger partial charge in [-0.3, -0.25) is 4.79 Å². The van der Waals surface area contributed by atoms with Crippen molar-refractivity contribution in [3.05, 3.63) is 83.3 Å². The molecule has 4 aromatic rings. The SMILES string of the molecule is CCOC(=O)c1cnn(-c2ccc(C(=O)Nc3ccnn3Cc3cccc(OC)c3OC)cc2)c1C. The van der Waals surface area contributed by atoms with Gasteiger partial charge in [-0.1, -0.05) is 12.1 Å². The summed E-state index contributed by atoms with van der Waals surface area (Å²) in [5, 5.41) is 11.5. The zero-order valence-corrected chi connectivity index (χ0v) is 20.5. The smallest absolute Gasteiger partial charge is 0.341 e. The number of rotatable bonds is 9. The fourth-order valence-electron chi connectivity index (χ4n) is 3.83. The summed E-state index contributed by atoms with van der Waals surface area (Å²) in [6.45, 7) is 4.21. The lowest BCUT2D eigenvalue weighted by molar-refractivity contribution is 0.0525. The first-order chi connectivity index (χ1) is 17.5. The van der Waals surface area contributed by atoms with Crippen molar-refractivity contribution in [2.75, 3.05) is 26.1 Å². The van der Waals surface area contributed by atoms with Crippen molar-refractivity contribution in [3.8, 4) is 17.2 Å². The van der Waals surface area contributed by atoms with E-state index in [-0.39, 0.29) is 5.91 Å². The van der Waals surface area contributed by atoms with Crippen LogP contribution in [0.25, 0.3) is 5.69 Å². The maximum absolute atomic E-state index is 12.9. The van der Waals surface area contributed by atoms with Crippen molar-refractivity contribution in [3.63, 3.8) is 0 Å². The lowest BCUT2D eigenvalue weighted by Crippen LogP contribution is -2.16. The van der Waals surface area contributed by atoms with Gasteiger partial charge >= 0.3 is 5.97 Å². The van der Waals surface area contributed by atoms with Gasteiger partial charge in [0.2, 0.25) is 0 Å². The van der Waals surface area contributed by atoms with E-state index in [2.05, 4.69) is 15.5 Å². The summed E-state index contributed by atoms with van der Waals surface area (Å²) in [6.07, 6.45) is 3.10. The van der Waals surface area contributed by atoms with Crippen LogP contribution in [0.3, 0.4) is 0 Å². The third kappa shape index (κ3) is 4.92. The minimum Gasteiger partial charge on any atom is -0.493 e. The zero-order valence-electron chi connectivity index (χ0n) is 20.5. The molecule has 2 aromatic carbocycles. The molecule has 0 fully saturated rings. The van der Waals surface area contributed by atoms with E-state index in [0.717, 1.165) is 11.3 Å². The number of carbonyl (C=O) groups is 2. The van der Waals surface area contributed by atoms with Gasteiger partial charge in [0.25, 0.3) is 5.91 Å². The van der Waals surface area contributed by atoms with E-state index in [1.54, 1.807) is 74.0 Å². The first-order valence-corrected chi connectivity index (χ1v) is 11.3. The van der Waals surface area contributed by atoms with Crippen molar-refractivity contribution < 1.29 is 23.8 Å². The molecule has 10 heteroatoms. The number of nitrogens with one attached hydrogen (secondary N) is 1. The number of carbonyl (C=O) groups excluding carboxylic acids is 2. The Labute approximate surface area is 208 Å². The molecule has 0 aliphatic carbocycles. The van der Waals surface area contributed by atoms with Gasteiger partial charge in [-0.05, 0) is 44.2 Å². The fraction of sp³-hybridized carbons (Fsp3) is 0.231. The molecular formula is C26H27N5O5. The van der Waals surface area contributed by atoms with Crippen LogP contribution in [0, 0.1) is 6.92 Å². The Morgan fingerprint density at radius 2 is 1.78 bits per heavy atom. The van der Waals surface area contributed by atoms with Crippen molar-refractivity contribution in [2.24, 2.45) is 0 Å². The van der Waals surface area contributed by atoms with Crippen molar-refractivity contribution in [2.45, 2.75) is 20.4 Å². The van der Waals surface area contributed by atoms with E-state index < -0.39 is 5.97 Å². The molecule has 2 aromatic heterocycles. The van der Waals surface area contributed by atoms with Gasteiger partial charge in [-0.15, -0.1) is 0 Å². The Kier molecular flexibility index (Phi) is 7.33. The quantitative estimate of drug-likeness (QED) is 0.356. The van der Waals surface area contributed by atoms with Crippen LogP contribution in [0.1, 0.15) is 38.9 Å². The van der Waals surface area contributed by atoms with Gasteiger partial charge in [-0.25, -0.2) is 14.2 Å². The second-order valence-corrected chi connectivity index (χ2v) is 7.80. The van der Waals surface area contributed by atoms with Crippen LogP contribution in [0.4, 0.5) is 5.82 Å². The maximum atomic E-state index is 12.9. The van der Waals surface area contributed by atoms with E-state index in [1.165, 1.54) is 6.20 Å².